The van der Waals surface area contributed by atoms with Gasteiger partial charge in [-0.1, -0.05) is 49.4 Å². The number of aromatic nitrogens is 1. The molecule has 4 rings (SSSR count). The van der Waals surface area contributed by atoms with E-state index in [4.69, 9.17) is 4.42 Å². The number of nitrogens with one attached hydrogen (secondary N) is 1. The molecule has 0 bridgehead atoms. The van der Waals surface area contributed by atoms with Gasteiger partial charge in [-0.25, -0.2) is 4.98 Å². The van der Waals surface area contributed by atoms with Crippen LogP contribution in [0.2, 0.25) is 0 Å². The summed E-state index contributed by atoms with van der Waals surface area (Å²) in [6.45, 7) is 2.03. The lowest BCUT2D eigenvalue weighted by Gasteiger charge is -2.06. The molecule has 162 valence electrons. The lowest BCUT2D eigenvalue weighted by molar-refractivity contribution is -0.152. The number of alkyl halides is 3. The molecular formula is C25H19F3N2O2. The van der Waals surface area contributed by atoms with E-state index < -0.39 is 11.9 Å². The molecule has 7 heteroatoms. The van der Waals surface area contributed by atoms with E-state index in [-0.39, 0.29) is 17.5 Å². The van der Waals surface area contributed by atoms with Gasteiger partial charge in [0.15, 0.2) is 0 Å². The molecule has 1 N–H and O–H groups in total. The molecule has 0 spiro atoms. The maximum Gasteiger partial charge on any atom is 0.451 e. The van der Waals surface area contributed by atoms with Crippen molar-refractivity contribution >= 4 is 11.6 Å². The Morgan fingerprint density at radius 1 is 0.906 bits per heavy atom. The summed E-state index contributed by atoms with van der Waals surface area (Å²) in [5.74, 6) is -1.57. The number of rotatable bonds is 5. The van der Waals surface area contributed by atoms with Crippen molar-refractivity contribution in [2.45, 2.75) is 19.5 Å². The Balaban J connectivity index is 1.57. The lowest BCUT2D eigenvalue weighted by atomic mass is 10.1. The van der Waals surface area contributed by atoms with Crippen LogP contribution < -0.4 is 5.32 Å². The molecule has 0 saturated carbocycles. The molecule has 0 aliphatic rings. The second-order valence-corrected chi connectivity index (χ2v) is 7.14. The maximum atomic E-state index is 13.5. The van der Waals surface area contributed by atoms with Crippen LogP contribution in [-0.4, -0.2) is 10.9 Å². The minimum Gasteiger partial charge on any atom is -0.431 e. The highest BCUT2D eigenvalue weighted by Gasteiger charge is 2.40. The Labute approximate surface area is 182 Å². The third-order valence-electron chi connectivity index (χ3n) is 4.95. The molecule has 0 fully saturated rings. The Morgan fingerprint density at radius 3 is 2.16 bits per heavy atom. The van der Waals surface area contributed by atoms with Crippen molar-refractivity contribution in [1.29, 1.82) is 0 Å². The van der Waals surface area contributed by atoms with Gasteiger partial charge in [-0.3, -0.25) is 4.79 Å². The van der Waals surface area contributed by atoms with Crippen molar-refractivity contribution in [3.63, 3.8) is 0 Å². The van der Waals surface area contributed by atoms with Crippen molar-refractivity contribution < 1.29 is 22.4 Å². The number of oxazole rings is 1. The molecule has 1 aromatic heterocycles. The van der Waals surface area contributed by atoms with Crippen LogP contribution in [0.25, 0.3) is 22.7 Å². The lowest BCUT2D eigenvalue weighted by Crippen LogP contribution is -2.11. The van der Waals surface area contributed by atoms with Gasteiger partial charge in [0.2, 0.25) is 11.7 Å². The van der Waals surface area contributed by atoms with Crippen LogP contribution in [0, 0.1) is 0 Å². The smallest absolute Gasteiger partial charge is 0.431 e. The third-order valence-corrected chi connectivity index (χ3v) is 4.95. The van der Waals surface area contributed by atoms with Gasteiger partial charge in [0.05, 0.1) is 0 Å². The first-order valence-corrected chi connectivity index (χ1v) is 9.99. The van der Waals surface area contributed by atoms with Gasteiger partial charge in [0, 0.05) is 22.4 Å². The van der Waals surface area contributed by atoms with Crippen LogP contribution in [-0.2, 0) is 12.6 Å². The summed E-state index contributed by atoms with van der Waals surface area (Å²) in [4.78, 5) is 16.5. The Hall–Kier alpha value is -3.87. The van der Waals surface area contributed by atoms with Gasteiger partial charge in [0.25, 0.3) is 5.91 Å². The zero-order chi connectivity index (χ0) is 22.7. The Bertz CT molecular complexity index is 1210. The monoisotopic (exact) mass is 436 g/mol. The van der Waals surface area contributed by atoms with Crippen LogP contribution in [0.3, 0.4) is 0 Å². The van der Waals surface area contributed by atoms with Gasteiger partial charge in [-0.15, -0.1) is 0 Å². The summed E-state index contributed by atoms with van der Waals surface area (Å²) >= 11 is 0. The fraction of sp³-hybridized carbons (Fsp3) is 0.120. The van der Waals surface area contributed by atoms with E-state index in [0.717, 1.165) is 12.0 Å². The van der Waals surface area contributed by atoms with E-state index in [1.807, 2.05) is 19.1 Å². The number of amides is 1. The molecular weight excluding hydrogens is 417 g/mol. The quantitative estimate of drug-likeness (QED) is 0.373. The predicted molar refractivity (Wildman–Crippen MR) is 116 cm³/mol. The summed E-state index contributed by atoms with van der Waals surface area (Å²) in [5, 5.41) is 2.77. The number of halogens is 3. The fourth-order valence-electron chi connectivity index (χ4n) is 3.22. The van der Waals surface area contributed by atoms with E-state index in [9.17, 15) is 18.0 Å². The molecule has 4 nitrogen and oxygen atoms in total. The second-order valence-electron chi connectivity index (χ2n) is 7.14. The normalized spacial score (nSPS) is 11.4. The highest BCUT2D eigenvalue weighted by atomic mass is 19.4. The molecule has 0 aliphatic heterocycles. The fourth-order valence-corrected chi connectivity index (χ4v) is 3.22. The molecule has 0 aliphatic carbocycles. The van der Waals surface area contributed by atoms with Crippen LogP contribution in [0.1, 0.15) is 28.6 Å². The predicted octanol–water partition coefficient (Wildman–Crippen LogP) is 6.84. The van der Waals surface area contributed by atoms with Crippen molar-refractivity contribution in [1.82, 2.24) is 4.98 Å². The zero-order valence-electron chi connectivity index (χ0n) is 17.1. The minimum absolute atomic E-state index is 0.149. The zero-order valence-corrected chi connectivity index (χ0v) is 17.1. The van der Waals surface area contributed by atoms with Crippen LogP contribution in [0.15, 0.2) is 83.3 Å². The summed E-state index contributed by atoms with van der Waals surface area (Å²) in [7, 11) is 0. The number of carbonyl (C=O) groups is 1. The maximum absolute atomic E-state index is 13.5. The third kappa shape index (κ3) is 4.56. The van der Waals surface area contributed by atoms with E-state index in [0.29, 0.717) is 22.4 Å². The van der Waals surface area contributed by atoms with Gasteiger partial charge in [-0.2, -0.15) is 13.2 Å². The topological polar surface area (TPSA) is 55.1 Å². The van der Waals surface area contributed by atoms with Crippen LogP contribution >= 0.6 is 0 Å². The van der Waals surface area contributed by atoms with Crippen molar-refractivity contribution in [3.05, 3.63) is 95.7 Å². The van der Waals surface area contributed by atoms with Gasteiger partial charge >= 0.3 is 6.18 Å². The van der Waals surface area contributed by atoms with Gasteiger partial charge < -0.3 is 9.73 Å². The largest absolute Gasteiger partial charge is 0.451 e. The number of hydrogen-bond donors (Lipinski definition) is 1. The summed E-state index contributed by atoms with van der Waals surface area (Å²) in [6.07, 6.45) is -3.80. The number of nitrogens with zero attached hydrogens (tertiary/aromatic N) is 1. The summed E-state index contributed by atoms with van der Waals surface area (Å²) in [6, 6.07) is 21.6. The molecule has 0 radical (unpaired) electrons. The van der Waals surface area contributed by atoms with E-state index in [1.54, 1.807) is 66.7 Å². The molecule has 0 unspecified atom stereocenters. The first-order chi connectivity index (χ1) is 15.3. The average molecular weight is 436 g/mol. The highest BCUT2D eigenvalue weighted by Crippen LogP contribution is 2.39. The standard InChI is InChI=1S/C25H19F3N2O2/c1-2-16-8-10-18(11-9-16)23(31)29-20-14-12-19(13-15-20)24-30-21(17-6-4-3-5-7-17)22(32-24)25(26,27)28/h3-15H,2H2,1H3,(H,29,31). The number of carbonyl (C=O) groups excluding carboxylic acids is 1. The van der Waals surface area contributed by atoms with Crippen molar-refractivity contribution in [2.75, 3.05) is 5.32 Å². The first-order valence-electron chi connectivity index (χ1n) is 9.99. The van der Waals surface area contributed by atoms with Crippen LogP contribution in [0.4, 0.5) is 18.9 Å². The second kappa shape index (κ2) is 8.70. The van der Waals surface area contributed by atoms with Crippen molar-refractivity contribution in [3.8, 4) is 22.7 Å². The summed E-state index contributed by atoms with van der Waals surface area (Å²) in [5.41, 5.74) is 2.56. The highest BCUT2D eigenvalue weighted by molar-refractivity contribution is 6.04. The first kappa shape index (κ1) is 21.4. The van der Waals surface area contributed by atoms with E-state index in [2.05, 4.69) is 10.3 Å². The average Bonchev–Trinajstić information content (AvgIpc) is 3.26. The Kier molecular flexibility index (Phi) is 5.81. The number of aryl methyl sites for hydroxylation is 1. The van der Waals surface area contributed by atoms with E-state index in [1.165, 1.54) is 0 Å². The van der Waals surface area contributed by atoms with Crippen molar-refractivity contribution in [2.24, 2.45) is 0 Å². The molecule has 0 saturated heterocycles. The number of hydrogen-bond acceptors (Lipinski definition) is 3. The molecule has 1 amide bonds. The molecule has 1 heterocycles. The van der Waals surface area contributed by atoms with Gasteiger partial charge in [0.1, 0.15) is 5.69 Å². The molecule has 4 aromatic rings. The number of anilines is 1. The van der Waals surface area contributed by atoms with E-state index >= 15 is 0 Å². The van der Waals surface area contributed by atoms with Gasteiger partial charge in [-0.05, 0) is 48.4 Å². The number of benzene rings is 3. The SMILES string of the molecule is CCc1ccc(C(=O)Nc2ccc(-c3nc(-c4ccccc4)c(C(F)(F)F)o3)cc2)cc1. The summed E-state index contributed by atoms with van der Waals surface area (Å²) < 4.78 is 45.6. The molecule has 32 heavy (non-hydrogen) atoms. The molecule has 0 atom stereocenters. The molecule has 3 aromatic carbocycles. The van der Waals surface area contributed by atoms with Crippen LogP contribution in [0.5, 0.6) is 0 Å². The Morgan fingerprint density at radius 2 is 1.56 bits per heavy atom. The minimum atomic E-state index is -4.68.